The van der Waals surface area contributed by atoms with Crippen molar-refractivity contribution in [3.05, 3.63) is 75.3 Å². The van der Waals surface area contributed by atoms with Crippen molar-refractivity contribution >= 4 is 40.5 Å². The van der Waals surface area contributed by atoms with Crippen LogP contribution in [0.3, 0.4) is 0 Å². The molecule has 0 atom stereocenters. The summed E-state index contributed by atoms with van der Waals surface area (Å²) in [5, 5.41) is 12.9. The van der Waals surface area contributed by atoms with Gasteiger partial charge in [-0.05, 0) is 42.3 Å². The van der Waals surface area contributed by atoms with Crippen LogP contribution in [0.1, 0.15) is 22.3 Å². The third-order valence-corrected chi connectivity index (χ3v) is 5.25. The highest BCUT2D eigenvalue weighted by Crippen LogP contribution is 2.29. The monoisotopic (exact) mass is 408 g/mol. The number of nitrogens with zero attached hydrogens (tertiary/aromatic N) is 2. The summed E-state index contributed by atoms with van der Waals surface area (Å²) in [6, 6.07) is 8.73. The van der Waals surface area contributed by atoms with Crippen molar-refractivity contribution in [2.75, 3.05) is 0 Å². The number of carbonyl (C=O) groups excluding carboxylic acids is 2. The summed E-state index contributed by atoms with van der Waals surface area (Å²) < 4.78 is 13.8. The van der Waals surface area contributed by atoms with E-state index in [0.717, 1.165) is 33.0 Å². The first-order valence-corrected chi connectivity index (χ1v) is 9.06. The van der Waals surface area contributed by atoms with E-state index in [2.05, 4.69) is 10.3 Å². The Bertz CT molecular complexity index is 1260. The first-order valence-electron chi connectivity index (χ1n) is 8.68. The van der Waals surface area contributed by atoms with Crippen molar-refractivity contribution in [1.82, 2.24) is 15.2 Å². The molecule has 1 aliphatic rings. The van der Waals surface area contributed by atoms with E-state index >= 15 is 0 Å². The highest BCUT2D eigenvalue weighted by molar-refractivity contribution is 6.32. The number of nitrogens with one attached hydrogen (secondary N) is 2. The summed E-state index contributed by atoms with van der Waals surface area (Å²) >= 11 is 6.14. The second kappa shape index (κ2) is 7.08. The Morgan fingerprint density at radius 1 is 1.28 bits per heavy atom. The number of carbonyl (C=O) groups is 2. The number of imide groups is 1. The minimum absolute atomic E-state index is 0.0960. The minimum atomic E-state index is -0.694. The lowest BCUT2D eigenvalue weighted by Crippen LogP contribution is -2.30. The molecule has 1 aliphatic heterocycles. The van der Waals surface area contributed by atoms with Gasteiger partial charge in [-0.3, -0.25) is 9.69 Å². The van der Waals surface area contributed by atoms with Crippen LogP contribution in [0, 0.1) is 24.1 Å². The van der Waals surface area contributed by atoms with Crippen LogP contribution in [-0.2, 0) is 11.3 Å². The zero-order valence-corrected chi connectivity index (χ0v) is 16.0. The number of benzene rings is 2. The molecule has 144 valence electrons. The zero-order chi connectivity index (χ0) is 20.7. The lowest BCUT2D eigenvalue weighted by atomic mass is 10.1. The molecule has 8 heteroatoms. The first-order chi connectivity index (χ1) is 13.9. The van der Waals surface area contributed by atoms with Crippen molar-refractivity contribution < 1.29 is 14.0 Å². The molecule has 2 N–H and O–H groups in total. The van der Waals surface area contributed by atoms with Crippen LogP contribution in [0.15, 0.2) is 42.2 Å². The number of H-pyrrole nitrogens is 1. The maximum Gasteiger partial charge on any atom is 0.329 e. The molecule has 6 nitrogen and oxygen atoms in total. The third-order valence-electron chi connectivity index (χ3n) is 4.84. The Kier molecular flexibility index (Phi) is 4.57. The van der Waals surface area contributed by atoms with Gasteiger partial charge in [-0.1, -0.05) is 23.7 Å². The predicted octanol–water partition coefficient (Wildman–Crippen LogP) is 4.23. The SMILES string of the molecule is Cc1c(Cl)ccc2c(/C=C3\NC(=O)N(Cc4ccc(C#N)c(F)c4)C3=O)c[nH]c12. The van der Waals surface area contributed by atoms with E-state index in [4.69, 9.17) is 16.9 Å². The molecular formula is C21H14ClFN4O2. The number of urea groups is 1. The van der Waals surface area contributed by atoms with Crippen LogP contribution in [0.5, 0.6) is 0 Å². The zero-order valence-electron chi connectivity index (χ0n) is 15.2. The van der Waals surface area contributed by atoms with Gasteiger partial charge in [-0.25, -0.2) is 9.18 Å². The fourth-order valence-electron chi connectivity index (χ4n) is 3.26. The molecule has 29 heavy (non-hydrogen) atoms. The quantitative estimate of drug-likeness (QED) is 0.502. The van der Waals surface area contributed by atoms with Crippen LogP contribution < -0.4 is 5.32 Å². The van der Waals surface area contributed by atoms with Crippen molar-refractivity contribution in [2.24, 2.45) is 0 Å². The van der Waals surface area contributed by atoms with Crippen molar-refractivity contribution in [2.45, 2.75) is 13.5 Å². The van der Waals surface area contributed by atoms with E-state index in [1.165, 1.54) is 12.1 Å². The summed E-state index contributed by atoms with van der Waals surface area (Å²) in [6.07, 6.45) is 3.32. The molecule has 1 saturated heterocycles. The van der Waals surface area contributed by atoms with Gasteiger partial charge >= 0.3 is 6.03 Å². The lowest BCUT2D eigenvalue weighted by molar-refractivity contribution is -0.123. The number of aromatic nitrogens is 1. The highest BCUT2D eigenvalue weighted by atomic mass is 35.5. The molecule has 3 aromatic rings. The van der Waals surface area contributed by atoms with Gasteiger partial charge in [-0.2, -0.15) is 5.26 Å². The summed E-state index contributed by atoms with van der Waals surface area (Å²) in [7, 11) is 0. The Morgan fingerprint density at radius 2 is 2.07 bits per heavy atom. The van der Waals surface area contributed by atoms with E-state index in [-0.39, 0.29) is 17.8 Å². The van der Waals surface area contributed by atoms with E-state index in [9.17, 15) is 14.0 Å². The van der Waals surface area contributed by atoms with E-state index in [0.29, 0.717) is 10.6 Å². The molecule has 4 rings (SSSR count). The van der Waals surface area contributed by atoms with Gasteiger partial charge < -0.3 is 10.3 Å². The standard InChI is InChI=1S/C21H14ClFN4O2/c1-11-16(22)5-4-15-14(9-25-19(11)15)7-18-20(28)27(21(29)26-18)10-12-2-3-13(8-24)17(23)6-12/h2-7,9,25H,10H2,1H3,(H,26,29)/b18-7-. The molecule has 0 radical (unpaired) electrons. The van der Waals surface area contributed by atoms with Crippen LogP contribution in [-0.4, -0.2) is 21.8 Å². The highest BCUT2D eigenvalue weighted by Gasteiger charge is 2.33. The molecule has 0 aliphatic carbocycles. The van der Waals surface area contributed by atoms with Crippen LogP contribution >= 0.6 is 11.6 Å². The van der Waals surface area contributed by atoms with Crippen molar-refractivity contribution in [3.8, 4) is 6.07 Å². The number of fused-ring (bicyclic) bond motifs is 1. The number of rotatable bonds is 3. The Hall–Kier alpha value is -3.63. The second-order valence-electron chi connectivity index (χ2n) is 6.64. The molecule has 0 saturated carbocycles. The van der Waals surface area contributed by atoms with Gasteiger partial charge in [0.05, 0.1) is 17.6 Å². The normalized spacial score (nSPS) is 15.2. The number of nitriles is 1. The van der Waals surface area contributed by atoms with Crippen molar-refractivity contribution in [1.29, 1.82) is 5.26 Å². The first kappa shape index (κ1) is 18.7. The summed E-state index contributed by atoms with van der Waals surface area (Å²) in [5.41, 5.74) is 2.91. The summed E-state index contributed by atoms with van der Waals surface area (Å²) in [5.74, 6) is -1.21. The lowest BCUT2D eigenvalue weighted by Gasteiger charge is -2.12. The molecule has 0 bridgehead atoms. The number of hydrogen-bond donors (Lipinski definition) is 2. The maximum atomic E-state index is 13.8. The molecule has 1 aromatic heterocycles. The fourth-order valence-corrected chi connectivity index (χ4v) is 3.42. The average Bonchev–Trinajstić information content (AvgIpc) is 3.22. The summed E-state index contributed by atoms with van der Waals surface area (Å²) in [6.45, 7) is 1.78. The van der Waals surface area contributed by atoms with Gasteiger partial charge in [0.2, 0.25) is 0 Å². The smallest absolute Gasteiger partial charge is 0.329 e. The molecule has 2 heterocycles. The van der Waals surface area contributed by atoms with Gasteiger partial charge in [0, 0.05) is 22.2 Å². The number of halogens is 2. The third kappa shape index (κ3) is 3.24. The maximum absolute atomic E-state index is 13.8. The second-order valence-corrected chi connectivity index (χ2v) is 7.05. The Balaban J connectivity index is 1.62. The summed E-state index contributed by atoms with van der Waals surface area (Å²) in [4.78, 5) is 29.1. The molecular weight excluding hydrogens is 395 g/mol. The van der Waals surface area contributed by atoms with Crippen LogP contribution in [0.25, 0.3) is 17.0 Å². The van der Waals surface area contributed by atoms with E-state index in [1.54, 1.807) is 24.4 Å². The van der Waals surface area contributed by atoms with Gasteiger partial charge in [0.15, 0.2) is 0 Å². The van der Waals surface area contributed by atoms with Crippen LogP contribution in [0.4, 0.5) is 9.18 Å². The number of hydrogen-bond acceptors (Lipinski definition) is 3. The van der Waals surface area contributed by atoms with Gasteiger partial charge in [0.25, 0.3) is 5.91 Å². The largest absolute Gasteiger partial charge is 0.360 e. The minimum Gasteiger partial charge on any atom is -0.360 e. The van der Waals surface area contributed by atoms with Crippen molar-refractivity contribution in [3.63, 3.8) is 0 Å². The molecule has 2 aromatic carbocycles. The molecule has 0 spiro atoms. The number of aryl methyl sites for hydroxylation is 1. The van der Waals surface area contributed by atoms with E-state index in [1.807, 2.05) is 13.0 Å². The Labute approximate surface area is 170 Å². The number of amides is 3. The van der Waals surface area contributed by atoms with E-state index < -0.39 is 17.8 Å². The fraction of sp³-hybridized carbons (Fsp3) is 0.0952. The Morgan fingerprint density at radius 3 is 2.79 bits per heavy atom. The molecule has 1 fully saturated rings. The van der Waals surface area contributed by atoms with Gasteiger partial charge in [-0.15, -0.1) is 0 Å². The number of aromatic amines is 1. The predicted molar refractivity (Wildman–Crippen MR) is 106 cm³/mol. The van der Waals surface area contributed by atoms with Crippen LogP contribution in [0.2, 0.25) is 5.02 Å². The molecule has 3 amide bonds. The van der Waals surface area contributed by atoms with Gasteiger partial charge in [0.1, 0.15) is 17.6 Å². The topological polar surface area (TPSA) is 89.0 Å². The average molecular weight is 409 g/mol. The molecule has 0 unspecified atom stereocenters.